The molecule has 6 nitrogen and oxygen atoms in total. The molecule has 0 unspecified atom stereocenters. The van der Waals surface area contributed by atoms with E-state index in [9.17, 15) is 14.4 Å². The summed E-state index contributed by atoms with van der Waals surface area (Å²) in [6.45, 7) is 3.97. The van der Waals surface area contributed by atoms with Crippen LogP contribution >= 0.6 is 0 Å². The van der Waals surface area contributed by atoms with Crippen LogP contribution in [0.1, 0.15) is 74.2 Å². The van der Waals surface area contributed by atoms with Gasteiger partial charge in [-0.15, -0.1) is 0 Å². The van der Waals surface area contributed by atoms with Gasteiger partial charge in [0.05, 0.1) is 18.6 Å². The van der Waals surface area contributed by atoms with E-state index in [2.05, 4.69) is 23.9 Å². The molecule has 1 aromatic carbocycles. The summed E-state index contributed by atoms with van der Waals surface area (Å²) in [6.07, 6.45) is 5.52. The number of amides is 2. The summed E-state index contributed by atoms with van der Waals surface area (Å²) in [6, 6.07) is 7.45. The van der Waals surface area contributed by atoms with E-state index in [0.29, 0.717) is 5.56 Å². The molecule has 28 heavy (non-hydrogen) atoms. The number of carbonyl (C=O) groups is 3. The number of nitrogens with zero attached hydrogens (tertiary/aromatic N) is 1. The molecule has 2 atom stereocenters. The first-order valence-corrected chi connectivity index (χ1v) is 10.2. The predicted octanol–water partition coefficient (Wildman–Crippen LogP) is 3.02. The summed E-state index contributed by atoms with van der Waals surface area (Å²) in [5.74, 6) is -1.16. The third-order valence-electron chi connectivity index (χ3n) is 6.39. The molecule has 1 spiro atoms. The van der Waals surface area contributed by atoms with E-state index >= 15 is 0 Å². The second-order valence-electron chi connectivity index (χ2n) is 7.91. The minimum absolute atomic E-state index is 0.0175. The summed E-state index contributed by atoms with van der Waals surface area (Å²) in [7, 11) is 1.30. The summed E-state index contributed by atoms with van der Waals surface area (Å²) in [5.41, 5.74) is 0.827. The van der Waals surface area contributed by atoms with Gasteiger partial charge in [-0.05, 0) is 37.8 Å². The quantitative estimate of drug-likeness (QED) is 0.790. The fourth-order valence-electron chi connectivity index (χ4n) is 4.94. The van der Waals surface area contributed by atoms with E-state index in [-0.39, 0.29) is 24.4 Å². The van der Waals surface area contributed by atoms with Crippen LogP contribution in [0.2, 0.25) is 0 Å². The average molecular weight is 386 g/mol. The molecule has 3 rings (SSSR count). The molecule has 1 aliphatic heterocycles. The molecule has 1 N–H and O–H groups in total. The molecule has 6 heteroatoms. The second-order valence-corrected chi connectivity index (χ2v) is 7.91. The van der Waals surface area contributed by atoms with Gasteiger partial charge in [0.25, 0.3) is 5.91 Å². The lowest BCUT2D eigenvalue weighted by Gasteiger charge is -2.55. The Morgan fingerprint density at radius 3 is 2.57 bits per heavy atom. The first-order valence-electron chi connectivity index (χ1n) is 10.2. The lowest BCUT2D eigenvalue weighted by molar-refractivity contribution is -0.142. The Morgan fingerprint density at radius 1 is 1.25 bits per heavy atom. The number of benzene rings is 1. The molecule has 0 radical (unpaired) electrons. The van der Waals surface area contributed by atoms with E-state index in [0.717, 1.165) is 44.1 Å². The number of fused-ring (bicyclic) bond motifs is 1. The van der Waals surface area contributed by atoms with Gasteiger partial charge in [0.2, 0.25) is 5.91 Å². The number of hydrogen-bond acceptors (Lipinski definition) is 4. The Morgan fingerprint density at radius 2 is 1.93 bits per heavy atom. The van der Waals surface area contributed by atoms with Gasteiger partial charge < -0.3 is 15.0 Å². The molecule has 0 saturated heterocycles. The van der Waals surface area contributed by atoms with E-state index in [1.54, 1.807) is 0 Å². The summed E-state index contributed by atoms with van der Waals surface area (Å²) < 4.78 is 4.67. The van der Waals surface area contributed by atoms with Crippen LogP contribution in [0.25, 0.3) is 0 Å². The number of rotatable bonds is 5. The maximum absolute atomic E-state index is 13.5. The molecule has 1 aromatic rings. The Kier molecular flexibility index (Phi) is 6.06. The second kappa shape index (κ2) is 8.33. The Bertz CT molecular complexity index is 755. The highest BCUT2D eigenvalue weighted by atomic mass is 16.5. The topological polar surface area (TPSA) is 75.7 Å². The van der Waals surface area contributed by atoms with Crippen molar-refractivity contribution in [2.45, 2.75) is 69.9 Å². The highest BCUT2D eigenvalue weighted by Gasteiger charge is 2.55. The van der Waals surface area contributed by atoms with Gasteiger partial charge in [-0.1, -0.05) is 44.4 Å². The van der Waals surface area contributed by atoms with Gasteiger partial charge in [0, 0.05) is 11.6 Å². The van der Waals surface area contributed by atoms with Gasteiger partial charge in [-0.2, -0.15) is 0 Å². The normalized spacial score (nSPS) is 21.8. The van der Waals surface area contributed by atoms with Gasteiger partial charge >= 0.3 is 5.97 Å². The molecule has 1 saturated carbocycles. The van der Waals surface area contributed by atoms with E-state index in [4.69, 9.17) is 0 Å². The third kappa shape index (κ3) is 3.40. The van der Waals surface area contributed by atoms with Crippen molar-refractivity contribution in [1.29, 1.82) is 0 Å². The number of carbonyl (C=O) groups excluding carboxylic acids is 3. The zero-order chi connectivity index (χ0) is 20.3. The van der Waals surface area contributed by atoms with E-state index in [1.807, 2.05) is 29.2 Å². The number of ether oxygens (including phenoxy) is 1. The molecular weight excluding hydrogens is 356 g/mol. The first kappa shape index (κ1) is 20.4. The number of methoxy groups -OCH3 is 1. The van der Waals surface area contributed by atoms with Crippen molar-refractivity contribution in [3.8, 4) is 0 Å². The lowest BCUT2D eigenvalue weighted by atomic mass is 9.64. The molecule has 2 aliphatic rings. The zero-order valence-corrected chi connectivity index (χ0v) is 17.0. The molecule has 152 valence electrons. The van der Waals surface area contributed by atoms with Gasteiger partial charge in [0.1, 0.15) is 6.54 Å². The zero-order valence-electron chi connectivity index (χ0n) is 17.0. The van der Waals surface area contributed by atoms with Gasteiger partial charge in [0.15, 0.2) is 0 Å². The Balaban J connectivity index is 2.11. The van der Waals surface area contributed by atoms with Gasteiger partial charge in [-0.25, -0.2) is 0 Å². The molecule has 1 fully saturated rings. The molecule has 1 aliphatic carbocycles. The van der Waals surface area contributed by atoms with Crippen molar-refractivity contribution < 1.29 is 19.1 Å². The minimum Gasteiger partial charge on any atom is -0.468 e. The maximum atomic E-state index is 13.5. The van der Waals surface area contributed by atoms with Gasteiger partial charge in [-0.3, -0.25) is 14.4 Å². The van der Waals surface area contributed by atoms with Crippen molar-refractivity contribution in [2.24, 2.45) is 0 Å². The Hall–Kier alpha value is -2.37. The number of hydrogen-bond donors (Lipinski definition) is 1. The van der Waals surface area contributed by atoms with Crippen LogP contribution in [0.15, 0.2) is 24.3 Å². The smallest absolute Gasteiger partial charge is 0.325 e. The summed E-state index contributed by atoms with van der Waals surface area (Å²) in [4.78, 5) is 40.4. The maximum Gasteiger partial charge on any atom is 0.325 e. The lowest BCUT2D eigenvalue weighted by Crippen LogP contribution is -2.65. The summed E-state index contributed by atoms with van der Waals surface area (Å²) in [5, 5.41) is 2.76. The van der Waals surface area contributed by atoms with E-state index < -0.39 is 17.4 Å². The standard InChI is InChI=1S/C22H30N2O4/c1-4-15(2)24-21(27)17-11-7-6-10-16(17)19(20(26)23-14-18(25)28-3)22(24)12-8-5-9-13-22/h6-7,10-11,15,19H,4-5,8-9,12-14H2,1-3H3,(H,23,26)/t15-,19+/m1/s1. The number of esters is 1. The molecule has 0 bridgehead atoms. The summed E-state index contributed by atoms with van der Waals surface area (Å²) >= 11 is 0. The minimum atomic E-state index is -0.542. The fourth-order valence-corrected chi connectivity index (χ4v) is 4.94. The highest BCUT2D eigenvalue weighted by molar-refractivity contribution is 6.02. The van der Waals surface area contributed by atoms with Crippen LogP contribution in [0, 0.1) is 0 Å². The van der Waals surface area contributed by atoms with Crippen LogP contribution in [0.4, 0.5) is 0 Å². The van der Waals surface area contributed by atoms with Crippen molar-refractivity contribution in [2.75, 3.05) is 13.7 Å². The third-order valence-corrected chi connectivity index (χ3v) is 6.39. The van der Waals surface area contributed by atoms with E-state index in [1.165, 1.54) is 7.11 Å². The Labute approximate surface area is 166 Å². The van der Waals surface area contributed by atoms with Crippen molar-refractivity contribution in [3.05, 3.63) is 35.4 Å². The molecular formula is C22H30N2O4. The largest absolute Gasteiger partial charge is 0.468 e. The van der Waals surface area contributed by atoms with Crippen LogP contribution in [-0.2, 0) is 14.3 Å². The molecule has 0 aromatic heterocycles. The van der Waals surface area contributed by atoms with Crippen molar-refractivity contribution in [3.63, 3.8) is 0 Å². The average Bonchev–Trinajstić information content (AvgIpc) is 2.72. The predicted molar refractivity (Wildman–Crippen MR) is 106 cm³/mol. The number of nitrogens with one attached hydrogen (secondary N) is 1. The molecule has 1 heterocycles. The van der Waals surface area contributed by atoms with Crippen molar-refractivity contribution in [1.82, 2.24) is 10.2 Å². The molecule has 2 amide bonds. The van der Waals surface area contributed by atoms with Crippen LogP contribution in [0.5, 0.6) is 0 Å². The first-order chi connectivity index (χ1) is 13.5. The van der Waals surface area contributed by atoms with Crippen LogP contribution < -0.4 is 5.32 Å². The fraction of sp³-hybridized carbons (Fsp3) is 0.591. The van der Waals surface area contributed by atoms with Crippen LogP contribution in [0.3, 0.4) is 0 Å². The van der Waals surface area contributed by atoms with Crippen molar-refractivity contribution >= 4 is 17.8 Å². The highest BCUT2D eigenvalue weighted by Crippen LogP contribution is 2.50. The monoisotopic (exact) mass is 386 g/mol. The SMILES string of the molecule is CC[C@@H](C)N1C(=O)c2ccccc2[C@@H](C(=O)NCC(=O)OC)C12CCCCC2. The van der Waals surface area contributed by atoms with Crippen LogP contribution in [-0.4, -0.2) is 47.9 Å².